The van der Waals surface area contributed by atoms with E-state index in [0.717, 1.165) is 16.8 Å². The summed E-state index contributed by atoms with van der Waals surface area (Å²) in [6.45, 7) is 0. The molecule has 21 heavy (non-hydrogen) atoms. The van der Waals surface area contributed by atoms with Gasteiger partial charge >= 0.3 is 0 Å². The predicted molar refractivity (Wildman–Crippen MR) is 81.0 cm³/mol. The van der Waals surface area contributed by atoms with Crippen LogP contribution in [0.5, 0.6) is 5.75 Å². The molecule has 2 heterocycles. The van der Waals surface area contributed by atoms with Gasteiger partial charge in [-0.15, -0.1) is 0 Å². The molecule has 0 atom stereocenters. The highest BCUT2D eigenvalue weighted by Crippen LogP contribution is 2.33. The van der Waals surface area contributed by atoms with Crippen molar-refractivity contribution in [3.8, 4) is 5.75 Å². The lowest BCUT2D eigenvalue weighted by Crippen LogP contribution is -3.00. The Balaban J connectivity index is 0.00000132. The number of ether oxygens (including phenoxy) is 1. The molecule has 0 fully saturated rings. The van der Waals surface area contributed by atoms with E-state index in [1.54, 1.807) is 7.11 Å². The Kier molecular flexibility index (Phi) is 3.49. The minimum atomic E-state index is 0. The molecule has 2 aromatic heterocycles. The summed E-state index contributed by atoms with van der Waals surface area (Å²) in [4.78, 5) is 3.48. The van der Waals surface area contributed by atoms with Crippen LogP contribution in [0.1, 0.15) is 0 Å². The highest BCUT2D eigenvalue weighted by molar-refractivity contribution is 6.19. The maximum Gasteiger partial charge on any atom is 0.177 e. The molecular weight excluding hydrogens is 375 g/mol. The summed E-state index contributed by atoms with van der Waals surface area (Å²) in [6, 6.07) is 12.6. The second kappa shape index (κ2) is 5.18. The molecule has 0 amide bonds. The van der Waals surface area contributed by atoms with Crippen molar-refractivity contribution >= 4 is 32.6 Å². The number of nitrogens with one attached hydrogen (secondary N) is 1. The maximum atomic E-state index is 5.36. The Morgan fingerprint density at radius 2 is 1.81 bits per heavy atom. The van der Waals surface area contributed by atoms with Gasteiger partial charge in [0, 0.05) is 27.9 Å². The molecule has 1 N–H and O–H groups in total. The van der Waals surface area contributed by atoms with Crippen LogP contribution in [0.2, 0.25) is 0 Å². The van der Waals surface area contributed by atoms with Crippen LogP contribution in [0, 0.1) is 0 Å². The maximum absolute atomic E-state index is 5.36. The predicted octanol–water partition coefficient (Wildman–Crippen LogP) is 0.311. The summed E-state index contributed by atoms with van der Waals surface area (Å²) in [6.07, 6.45) is 4.24. The lowest BCUT2D eigenvalue weighted by atomic mass is 10.1. The average molecular weight is 390 g/mol. The monoisotopic (exact) mass is 390 g/mol. The second-order valence-corrected chi connectivity index (χ2v) is 5.14. The van der Waals surface area contributed by atoms with Gasteiger partial charge in [0.15, 0.2) is 12.4 Å². The Hall–Kier alpha value is -1.82. The summed E-state index contributed by atoms with van der Waals surface area (Å²) in [7, 11) is 3.75. The Bertz CT molecular complexity index is 959. The van der Waals surface area contributed by atoms with E-state index in [4.69, 9.17) is 4.74 Å². The summed E-state index contributed by atoms with van der Waals surface area (Å²) >= 11 is 0. The number of halogens is 1. The van der Waals surface area contributed by atoms with Gasteiger partial charge in [0.25, 0.3) is 0 Å². The van der Waals surface area contributed by atoms with Gasteiger partial charge in [-0.3, -0.25) is 0 Å². The third kappa shape index (κ3) is 2.14. The first-order valence-electron chi connectivity index (χ1n) is 6.64. The van der Waals surface area contributed by atoms with Crippen molar-refractivity contribution in [1.82, 2.24) is 4.98 Å². The number of hydrogen-bond donors (Lipinski definition) is 1. The summed E-state index contributed by atoms with van der Waals surface area (Å²) in [5.74, 6) is 0.885. The molecule has 106 valence electrons. The van der Waals surface area contributed by atoms with E-state index in [9.17, 15) is 0 Å². The first-order chi connectivity index (χ1) is 9.76. The number of rotatable bonds is 1. The molecule has 0 bridgehead atoms. The fourth-order valence-electron chi connectivity index (χ4n) is 2.87. The van der Waals surface area contributed by atoms with Crippen molar-refractivity contribution < 1.29 is 33.3 Å². The number of pyridine rings is 1. The third-order valence-corrected chi connectivity index (χ3v) is 3.87. The molecular formula is C17H15IN2O. The van der Waals surface area contributed by atoms with Crippen LogP contribution in [-0.2, 0) is 7.05 Å². The van der Waals surface area contributed by atoms with Crippen molar-refractivity contribution in [2.45, 2.75) is 0 Å². The van der Waals surface area contributed by atoms with E-state index < -0.39 is 0 Å². The zero-order valence-corrected chi connectivity index (χ0v) is 14.0. The molecule has 0 saturated carbocycles. The molecule has 0 saturated heterocycles. The van der Waals surface area contributed by atoms with Crippen LogP contribution in [0.25, 0.3) is 32.6 Å². The molecule has 0 aliphatic carbocycles. The van der Waals surface area contributed by atoms with Crippen LogP contribution < -0.4 is 33.3 Å². The van der Waals surface area contributed by atoms with Crippen molar-refractivity contribution in [3.05, 3.63) is 48.8 Å². The molecule has 2 aromatic carbocycles. The molecule has 4 heteroatoms. The summed E-state index contributed by atoms with van der Waals surface area (Å²) in [5.41, 5.74) is 2.30. The van der Waals surface area contributed by atoms with E-state index in [1.165, 1.54) is 21.5 Å². The number of benzene rings is 2. The van der Waals surface area contributed by atoms with Gasteiger partial charge in [-0.2, -0.15) is 0 Å². The minimum absolute atomic E-state index is 0. The molecule has 0 spiro atoms. The van der Waals surface area contributed by atoms with E-state index in [1.807, 2.05) is 13.1 Å². The quantitative estimate of drug-likeness (QED) is 0.368. The Labute approximate surface area is 139 Å². The first-order valence-corrected chi connectivity index (χ1v) is 6.64. The van der Waals surface area contributed by atoms with Gasteiger partial charge in [0.2, 0.25) is 0 Å². The van der Waals surface area contributed by atoms with Gasteiger partial charge in [-0.25, -0.2) is 4.57 Å². The van der Waals surface area contributed by atoms with Crippen LogP contribution in [0.3, 0.4) is 0 Å². The lowest BCUT2D eigenvalue weighted by Gasteiger charge is -2.01. The van der Waals surface area contributed by atoms with Crippen LogP contribution in [0.4, 0.5) is 0 Å². The van der Waals surface area contributed by atoms with E-state index >= 15 is 0 Å². The van der Waals surface area contributed by atoms with E-state index in [-0.39, 0.29) is 24.0 Å². The number of aromatic amines is 1. The number of H-pyrrole nitrogens is 1. The van der Waals surface area contributed by atoms with Gasteiger partial charge in [0.05, 0.1) is 12.5 Å². The van der Waals surface area contributed by atoms with Crippen molar-refractivity contribution in [1.29, 1.82) is 0 Å². The second-order valence-electron chi connectivity index (χ2n) is 5.14. The lowest BCUT2D eigenvalue weighted by molar-refractivity contribution is -0.670. The number of aromatic nitrogens is 2. The number of methoxy groups -OCH3 is 1. The highest BCUT2D eigenvalue weighted by atomic mass is 127. The van der Waals surface area contributed by atoms with Crippen molar-refractivity contribution in [3.63, 3.8) is 0 Å². The zero-order chi connectivity index (χ0) is 13.7. The van der Waals surface area contributed by atoms with Gasteiger partial charge in [0.1, 0.15) is 12.8 Å². The highest BCUT2D eigenvalue weighted by Gasteiger charge is 2.11. The van der Waals surface area contributed by atoms with Gasteiger partial charge in [-0.05, 0) is 29.7 Å². The normalized spacial score (nSPS) is 11.0. The van der Waals surface area contributed by atoms with E-state index in [2.05, 4.69) is 52.3 Å². The van der Waals surface area contributed by atoms with Crippen molar-refractivity contribution in [2.24, 2.45) is 7.05 Å². The first kappa shape index (κ1) is 14.1. The fourth-order valence-corrected chi connectivity index (χ4v) is 2.87. The number of fused-ring (bicyclic) bond motifs is 5. The van der Waals surface area contributed by atoms with Crippen LogP contribution in [0.15, 0.2) is 48.8 Å². The zero-order valence-electron chi connectivity index (χ0n) is 11.9. The van der Waals surface area contributed by atoms with Crippen molar-refractivity contribution in [2.75, 3.05) is 7.11 Å². The van der Waals surface area contributed by atoms with Gasteiger partial charge in [-0.1, -0.05) is 6.07 Å². The molecule has 3 nitrogen and oxygen atoms in total. The largest absolute Gasteiger partial charge is 1.00 e. The molecule has 4 aromatic rings. The molecule has 0 unspecified atom stereocenters. The topological polar surface area (TPSA) is 28.9 Å². The smallest absolute Gasteiger partial charge is 0.177 e. The average Bonchev–Trinajstić information content (AvgIpc) is 2.84. The van der Waals surface area contributed by atoms with Crippen LogP contribution >= 0.6 is 0 Å². The van der Waals surface area contributed by atoms with Crippen LogP contribution in [-0.4, -0.2) is 12.1 Å². The molecule has 0 radical (unpaired) electrons. The summed E-state index contributed by atoms with van der Waals surface area (Å²) < 4.78 is 7.44. The fraction of sp³-hybridized carbons (Fsp3) is 0.118. The molecule has 0 aliphatic heterocycles. The summed E-state index contributed by atoms with van der Waals surface area (Å²) in [5, 5.41) is 4.97. The Morgan fingerprint density at radius 3 is 2.62 bits per heavy atom. The van der Waals surface area contributed by atoms with E-state index in [0.29, 0.717) is 0 Å². The third-order valence-electron chi connectivity index (χ3n) is 3.87. The standard InChI is InChI=1S/C17H14N2O.HI/c1-19-8-7-11-3-5-16-17(14(11)10-19)13-9-12(20-2)4-6-15(13)18-16;/h3-10H,1-2H3;1H. The molecule has 0 aliphatic rings. The minimum Gasteiger partial charge on any atom is -1.00 e. The SMILES string of the molecule is COc1ccc2[nH]c3ccc4cc[n+](C)cc4c3c2c1.[I-]. The number of aryl methyl sites for hydroxylation is 1. The van der Waals surface area contributed by atoms with Gasteiger partial charge < -0.3 is 33.7 Å². The number of nitrogens with zero attached hydrogens (tertiary/aromatic N) is 1. The molecule has 4 rings (SSSR count). The number of hydrogen-bond acceptors (Lipinski definition) is 1. The Morgan fingerprint density at radius 1 is 1.00 bits per heavy atom.